The molecule has 0 aliphatic rings. The molecule has 0 spiro atoms. The predicted octanol–water partition coefficient (Wildman–Crippen LogP) is 1.94. The lowest BCUT2D eigenvalue weighted by atomic mass is 10.2. The van der Waals surface area contributed by atoms with Gasteiger partial charge in [0.05, 0.1) is 25.0 Å². The number of nitrogen functional groups attached to an aromatic ring is 1. The lowest BCUT2D eigenvalue weighted by molar-refractivity contribution is -0.125. The standard InChI is InChI=1S/C15H16N4O/c16-8-2-10-19(11-3-9-17)15(20)7-6-13-4-1-5-14(18)12-13/h1,4-7,12H,2-3,10-11,18H2/b7-6+. The second-order valence-electron chi connectivity index (χ2n) is 4.14. The molecule has 0 radical (unpaired) electrons. The van der Waals surface area contributed by atoms with Crippen molar-refractivity contribution in [2.45, 2.75) is 12.8 Å². The summed E-state index contributed by atoms with van der Waals surface area (Å²) < 4.78 is 0. The van der Waals surface area contributed by atoms with Crippen LogP contribution in [0, 0.1) is 22.7 Å². The van der Waals surface area contributed by atoms with Crippen molar-refractivity contribution in [3.8, 4) is 12.1 Å². The third kappa shape index (κ3) is 5.24. The first kappa shape index (κ1) is 15.3. The largest absolute Gasteiger partial charge is 0.399 e. The minimum absolute atomic E-state index is 0.210. The topological polar surface area (TPSA) is 93.9 Å². The molecule has 1 aromatic rings. The number of amides is 1. The van der Waals surface area contributed by atoms with E-state index < -0.39 is 0 Å². The monoisotopic (exact) mass is 268 g/mol. The number of anilines is 1. The van der Waals surface area contributed by atoms with E-state index in [4.69, 9.17) is 16.3 Å². The SMILES string of the molecule is N#CCCN(CCC#N)C(=O)/C=C/c1cccc(N)c1. The Morgan fingerprint density at radius 3 is 2.45 bits per heavy atom. The number of carbonyl (C=O) groups is 1. The first-order chi connectivity index (χ1) is 9.67. The number of hydrogen-bond donors (Lipinski definition) is 1. The number of nitriles is 2. The van der Waals surface area contributed by atoms with Gasteiger partial charge in [-0.25, -0.2) is 0 Å². The highest BCUT2D eigenvalue weighted by Crippen LogP contribution is 2.08. The van der Waals surface area contributed by atoms with Crippen LogP contribution in [0.2, 0.25) is 0 Å². The average Bonchev–Trinajstić information content (AvgIpc) is 2.45. The Labute approximate surface area is 118 Å². The quantitative estimate of drug-likeness (QED) is 0.630. The van der Waals surface area contributed by atoms with Gasteiger partial charge in [0.25, 0.3) is 0 Å². The van der Waals surface area contributed by atoms with Crippen molar-refractivity contribution in [1.29, 1.82) is 10.5 Å². The molecule has 0 bridgehead atoms. The zero-order chi connectivity index (χ0) is 14.8. The van der Waals surface area contributed by atoms with Crippen molar-refractivity contribution in [1.82, 2.24) is 4.90 Å². The molecule has 0 aliphatic carbocycles. The van der Waals surface area contributed by atoms with Crippen molar-refractivity contribution >= 4 is 17.7 Å². The Morgan fingerprint density at radius 1 is 1.25 bits per heavy atom. The molecular formula is C15H16N4O. The highest BCUT2D eigenvalue weighted by molar-refractivity contribution is 5.91. The van der Waals surface area contributed by atoms with E-state index in [1.807, 2.05) is 24.3 Å². The van der Waals surface area contributed by atoms with Gasteiger partial charge in [-0.15, -0.1) is 0 Å². The van der Waals surface area contributed by atoms with Gasteiger partial charge in [0, 0.05) is 24.9 Å². The Balaban J connectivity index is 2.69. The second kappa shape index (κ2) is 8.34. The molecule has 0 saturated carbocycles. The van der Waals surface area contributed by atoms with Crippen molar-refractivity contribution < 1.29 is 4.79 Å². The average molecular weight is 268 g/mol. The zero-order valence-electron chi connectivity index (χ0n) is 11.1. The lowest BCUT2D eigenvalue weighted by Gasteiger charge is -2.18. The van der Waals surface area contributed by atoms with Crippen molar-refractivity contribution in [3.63, 3.8) is 0 Å². The van der Waals surface area contributed by atoms with E-state index in [9.17, 15) is 4.79 Å². The first-order valence-corrected chi connectivity index (χ1v) is 6.24. The Morgan fingerprint density at radius 2 is 1.90 bits per heavy atom. The summed E-state index contributed by atoms with van der Waals surface area (Å²) in [5, 5.41) is 17.2. The van der Waals surface area contributed by atoms with Crippen LogP contribution in [0.1, 0.15) is 18.4 Å². The van der Waals surface area contributed by atoms with Gasteiger partial charge >= 0.3 is 0 Å². The molecule has 1 rings (SSSR count). The van der Waals surface area contributed by atoms with Gasteiger partial charge in [-0.3, -0.25) is 4.79 Å². The summed E-state index contributed by atoms with van der Waals surface area (Å²) in [7, 11) is 0. The van der Waals surface area contributed by atoms with Gasteiger partial charge in [0.1, 0.15) is 0 Å². The minimum atomic E-state index is -0.210. The van der Waals surface area contributed by atoms with E-state index in [-0.39, 0.29) is 18.7 Å². The molecule has 0 fully saturated rings. The molecule has 1 amide bonds. The summed E-state index contributed by atoms with van der Waals surface area (Å²) >= 11 is 0. The summed E-state index contributed by atoms with van der Waals surface area (Å²) in [6.45, 7) is 0.663. The molecule has 0 aliphatic heterocycles. The molecule has 20 heavy (non-hydrogen) atoms. The number of carbonyl (C=O) groups excluding carboxylic acids is 1. The number of nitrogens with two attached hydrogens (primary N) is 1. The van der Waals surface area contributed by atoms with E-state index >= 15 is 0 Å². The molecule has 0 heterocycles. The van der Waals surface area contributed by atoms with Crippen LogP contribution in [-0.4, -0.2) is 23.9 Å². The third-order valence-electron chi connectivity index (χ3n) is 2.63. The van der Waals surface area contributed by atoms with Gasteiger partial charge in [0.15, 0.2) is 0 Å². The molecule has 0 saturated heterocycles. The maximum atomic E-state index is 12.0. The van der Waals surface area contributed by atoms with Gasteiger partial charge in [-0.2, -0.15) is 10.5 Å². The van der Waals surface area contributed by atoms with E-state index in [0.717, 1.165) is 5.56 Å². The summed E-state index contributed by atoms with van der Waals surface area (Å²) in [5.74, 6) is -0.210. The third-order valence-corrected chi connectivity index (χ3v) is 2.63. The van der Waals surface area contributed by atoms with Gasteiger partial charge in [-0.1, -0.05) is 12.1 Å². The fraction of sp³-hybridized carbons (Fsp3) is 0.267. The van der Waals surface area contributed by atoms with Crippen LogP contribution in [0.15, 0.2) is 30.3 Å². The van der Waals surface area contributed by atoms with Gasteiger partial charge < -0.3 is 10.6 Å². The molecule has 5 nitrogen and oxygen atoms in total. The van der Waals surface area contributed by atoms with Crippen LogP contribution in [0.25, 0.3) is 6.08 Å². The first-order valence-electron chi connectivity index (χ1n) is 6.24. The summed E-state index contributed by atoms with van der Waals surface area (Å²) in [6, 6.07) is 11.2. The molecule has 0 unspecified atom stereocenters. The predicted molar refractivity (Wildman–Crippen MR) is 76.9 cm³/mol. The highest BCUT2D eigenvalue weighted by atomic mass is 16.2. The Hall–Kier alpha value is -2.79. The summed E-state index contributed by atoms with van der Waals surface area (Å²) in [5.41, 5.74) is 7.12. The molecule has 0 aromatic heterocycles. The molecule has 0 atom stereocenters. The maximum Gasteiger partial charge on any atom is 0.246 e. The number of hydrogen-bond acceptors (Lipinski definition) is 4. The van der Waals surface area contributed by atoms with Crippen LogP contribution in [-0.2, 0) is 4.79 Å². The molecule has 5 heteroatoms. The normalized spacial score (nSPS) is 9.90. The molecule has 2 N–H and O–H groups in total. The van der Waals surface area contributed by atoms with Crippen LogP contribution >= 0.6 is 0 Å². The lowest BCUT2D eigenvalue weighted by Crippen LogP contribution is -2.31. The van der Waals surface area contributed by atoms with E-state index in [1.54, 1.807) is 18.2 Å². The van der Waals surface area contributed by atoms with E-state index in [1.165, 1.54) is 11.0 Å². The molecular weight excluding hydrogens is 252 g/mol. The maximum absolute atomic E-state index is 12.0. The van der Waals surface area contributed by atoms with Crippen LogP contribution < -0.4 is 5.73 Å². The van der Waals surface area contributed by atoms with Crippen molar-refractivity contribution in [3.05, 3.63) is 35.9 Å². The Bertz CT molecular complexity index is 548. The second-order valence-corrected chi connectivity index (χ2v) is 4.14. The van der Waals surface area contributed by atoms with E-state index in [2.05, 4.69) is 0 Å². The fourth-order valence-electron chi connectivity index (χ4n) is 1.64. The van der Waals surface area contributed by atoms with Crippen molar-refractivity contribution in [2.75, 3.05) is 18.8 Å². The zero-order valence-corrected chi connectivity index (χ0v) is 11.1. The van der Waals surface area contributed by atoms with Crippen molar-refractivity contribution in [2.24, 2.45) is 0 Å². The summed E-state index contributed by atoms with van der Waals surface area (Å²) in [4.78, 5) is 13.5. The Kier molecular flexibility index (Phi) is 6.36. The number of nitrogens with zero attached hydrogens (tertiary/aromatic N) is 3. The number of benzene rings is 1. The smallest absolute Gasteiger partial charge is 0.246 e. The van der Waals surface area contributed by atoms with Crippen LogP contribution in [0.3, 0.4) is 0 Å². The van der Waals surface area contributed by atoms with Crippen LogP contribution in [0.4, 0.5) is 5.69 Å². The number of rotatable bonds is 6. The highest BCUT2D eigenvalue weighted by Gasteiger charge is 2.09. The summed E-state index contributed by atoms with van der Waals surface area (Å²) in [6.07, 6.45) is 3.61. The van der Waals surface area contributed by atoms with Gasteiger partial charge in [0.2, 0.25) is 5.91 Å². The van der Waals surface area contributed by atoms with Crippen LogP contribution in [0.5, 0.6) is 0 Å². The molecule has 1 aromatic carbocycles. The molecule has 102 valence electrons. The van der Waals surface area contributed by atoms with Gasteiger partial charge in [-0.05, 0) is 23.8 Å². The fourth-order valence-corrected chi connectivity index (χ4v) is 1.64. The minimum Gasteiger partial charge on any atom is -0.399 e. The van der Waals surface area contributed by atoms with E-state index in [0.29, 0.717) is 18.8 Å².